The fourth-order valence-corrected chi connectivity index (χ4v) is 4.34. The number of hydrogen-bond acceptors (Lipinski definition) is 6. The molecule has 0 saturated heterocycles. The molecule has 0 unspecified atom stereocenters. The number of amides is 2. The first-order chi connectivity index (χ1) is 13.9. The van der Waals surface area contributed by atoms with E-state index in [-0.39, 0.29) is 18.4 Å². The van der Waals surface area contributed by atoms with Crippen LogP contribution in [0.2, 0.25) is 0 Å². The lowest BCUT2D eigenvalue weighted by atomic mass is 10.1. The van der Waals surface area contributed by atoms with E-state index in [0.717, 1.165) is 27.5 Å². The molecule has 0 aliphatic carbocycles. The molecule has 7 nitrogen and oxygen atoms in total. The van der Waals surface area contributed by atoms with Crippen molar-refractivity contribution in [2.45, 2.75) is 25.3 Å². The summed E-state index contributed by atoms with van der Waals surface area (Å²) in [4.78, 5) is 31.0. The molecule has 2 heterocycles. The molecular formula is C21H25N3O4S. The Kier molecular flexibility index (Phi) is 6.64. The molecule has 0 spiro atoms. The van der Waals surface area contributed by atoms with Gasteiger partial charge >= 0.3 is 0 Å². The molecule has 1 aliphatic rings. The fraction of sp³-hybridized carbons (Fsp3) is 0.381. The lowest BCUT2D eigenvalue weighted by molar-refractivity contribution is -0.122. The maximum atomic E-state index is 12.5. The first kappa shape index (κ1) is 21.0. The van der Waals surface area contributed by atoms with Crippen LogP contribution in [0.5, 0.6) is 11.5 Å². The Morgan fingerprint density at radius 1 is 1.21 bits per heavy atom. The number of methoxy groups -OCH3 is 2. The van der Waals surface area contributed by atoms with Gasteiger partial charge in [0, 0.05) is 12.2 Å². The van der Waals surface area contributed by atoms with E-state index < -0.39 is 0 Å². The topological polar surface area (TPSA) is 80.8 Å². The summed E-state index contributed by atoms with van der Waals surface area (Å²) in [5.74, 6) is 1.34. The number of pyridine rings is 1. The summed E-state index contributed by atoms with van der Waals surface area (Å²) in [5, 5.41) is 3.70. The highest BCUT2D eigenvalue weighted by Crippen LogP contribution is 2.36. The fourth-order valence-electron chi connectivity index (χ4n) is 3.31. The number of hydrogen-bond donors (Lipinski definition) is 1. The summed E-state index contributed by atoms with van der Waals surface area (Å²) in [5.41, 5.74) is 3.62. The minimum absolute atomic E-state index is 0.0100. The van der Waals surface area contributed by atoms with Crippen molar-refractivity contribution >= 4 is 29.3 Å². The molecule has 1 aliphatic heterocycles. The third-order valence-electron chi connectivity index (χ3n) is 4.67. The molecule has 0 fully saturated rings. The molecule has 8 heteroatoms. The van der Waals surface area contributed by atoms with Crippen LogP contribution in [0, 0.1) is 13.8 Å². The molecule has 154 valence electrons. The number of fused-ring (bicyclic) bond motifs is 1. The number of aryl methyl sites for hydroxylation is 2. The maximum Gasteiger partial charge on any atom is 0.240 e. The number of nitrogens with zero attached hydrogens (tertiary/aromatic N) is 2. The Hall–Kier alpha value is -2.74. The maximum absolute atomic E-state index is 12.5. The van der Waals surface area contributed by atoms with Gasteiger partial charge in [0.2, 0.25) is 11.8 Å². The summed E-state index contributed by atoms with van der Waals surface area (Å²) in [6.07, 6.45) is 0.645. The van der Waals surface area contributed by atoms with E-state index in [2.05, 4.69) is 10.3 Å². The zero-order chi connectivity index (χ0) is 21.0. The normalized spacial score (nSPS) is 13.1. The van der Waals surface area contributed by atoms with Gasteiger partial charge in [-0.2, -0.15) is 0 Å². The van der Waals surface area contributed by atoms with E-state index in [1.165, 1.54) is 11.8 Å². The number of carbonyl (C=O) groups excluding carboxylic acids is 2. The Balaban J connectivity index is 1.61. The number of ether oxygens (including phenoxy) is 2. The van der Waals surface area contributed by atoms with Gasteiger partial charge in [-0.25, -0.2) is 4.98 Å². The minimum Gasteiger partial charge on any atom is -0.493 e. The van der Waals surface area contributed by atoms with Crippen LogP contribution in [0.1, 0.15) is 16.8 Å². The van der Waals surface area contributed by atoms with E-state index in [0.29, 0.717) is 30.2 Å². The molecular weight excluding hydrogens is 390 g/mol. The van der Waals surface area contributed by atoms with Crippen molar-refractivity contribution in [3.63, 3.8) is 0 Å². The Bertz CT molecular complexity index is 932. The van der Waals surface area contributed by atoms with Crippen molar-refractivity contribution in [3.05, 3.63) is 41.1 Å². The van der Waals surface area contributed by atoms with Crippen molar-refractivity contribution < 1.29 is 19.1 Å². The Labute approximate surface area is 174 Å². The zero-order valence-corrected chi connectivity index (χ0v) is 17.9. The molecule has 1 aromatic heterocycles. The van der Waals surface area contributed by atoms with Crippen LogP contribution in [-0.2, 0) is 16.0 Å². The van der Waals surface area contributed by atoms with E-state index >= 15 is 0 Å². The molecule has 0 saturated carbocycles. The Morgan fingerprint density at radius 2 is 1.97 bits per heavy atom. The molecule has 2 amide bonds. The molecule has 3 rings (SSSR count). The van der Waals surface area contributed by atoms with Crippen LogP contribution < -0.4 is 19.7 Å². The predicted molar refractivity (Wildman–Crippen MR) is 113 cm³/mol. The van der Waals surface area contributed by atoms with Crippen molar-refractivity contribution in [1.82, 2.24) is 10.3 Å². The molecule has 0 bridgehead atoms. The summed E-state index contributed by atoms with van der Waals surface area (Å²) in [6.45, 7) is 4.32. The van der Waals surface area contributed by atoms with Gasteiger partial charge in [-0.3, -0.25) is 14.5 Å². The van der Waals surface area contributed by atoms with Gasteiger partial charge in [0.15, 0.2) is 11.5 Å². The third-order valence-corrected chi connectivity index (χ3v) is 5.62. The highest BCUT2D eigenvalue weighted by atomic mass is 32.2. The van der Waals surface area contributed by atoms with Gasteiger partial charge < -0.3 is 14.8 Å². The largest absolute Gasteiger partial charge is 0.493 e. The molecule has 2 aromatic rings. The van der Waals surface area contributed by atoms with Gasteiger partial charge in [-0.15, -0.1) is 0 Å². The second-order valence-corrected chi connectivity index (χ2v) is 7.76. The van der Waals surface area contributed by atoms with Gasteiger partial charge in [0.1, 0.15) is 11.6 Å². The predicted octanol–water partition coefficient (Wildman–Crippen LogP) is 2.51. The minimum atomic E-state index is -0.198. The van der Waals surface area contributed by atoms with Gasteiger partial charge in [-0.1, -0.05) is 17.8 Å². The lowest BCUT2D eigenvalue weighted by Crippen LogP contribution is -2.44. The van der Waals surface area contributed by atoms with Gasteiger partial charge in [0.05, 0.1) is 25.7 Å². The molecule has 1 aromatic carbocycles. The van der Waals surface area contributed by atoms with Crippen molar-refractivity contribution in [2.24, 2.45) is 0 Å². The number of rotatable bonds is 7. The summed E-state index contributed by atoms with van der Waals surface area (Å²) < 4.78 is 10.5. The molecule has 0 atom stereocenters. The number of benzene rings is 1. The van der Waals surface area contributed by atoms with Crippen LogP contribution in [0.4, 0.5) is 5.69 Å². The van der Waals surface area contributed by atoms with Gasteiger partial charge in [0.25, 0.3) is 0 Å². The second kappa shape index (κ2) is 9.17. The second-order valence-electron chi connectivity index (χ2n) is 6.79. The zero-order valence-electron chi connectivity index (χ0n) is 17.1. The highest BCUT2D eigenvalue weighted by molar-refractivity contribution is 8.00. The number of carbonyl (C=O) groups is 2. The van der Waals surface area contributed by atoms with E-state index in [9.17, 15) is 9.59 Å². The average molecular weight is 416 g/mol. The van der Waals surface area contributed by atoms with E-state index in [4.69, 9.17) is 9.47 Å². The van der Waals surface area contributed by atoms with Gasteiger partial charge in [-0.05, 0) is 49.6 Å². The van der Waals surface area contributed by atoms with Crippen LogP contribution in [0.3, 0.4) is 0 Å². The number of aromatic nitrogens is 1. The molecule has 29 heavy (non-hydrogen) atoms. The average Bonchev–Trinajstić information content (AvgIpc) is 2.69. The standard InChI is InChI=1S/C21H25N3O4S/c1-13-9-14(2)23-21-20(13)24(19(26)12-29-21)11-18(25)22-8-7-15-5-6-16(27-3)17(10-15)28-4/h5-6,9-10H,7-8,11-12H2,1-4H3,(H,22,25). The van der Waals surface area contributed by atoms with E-state index in [1.54, 1.807) is 19.1 Å². The SMILES string of the molecule is COc1ccc(CCNC(=O)CN2C(=O)CSc3nc(C)cc(C)c32)cc1OC. The molecule has 1 N–H and O–H groups in total. The summed E-state index contributed by atoms with van der Waals surface area (Å²) in [6, 6.07) is 7.60. The number of thioether (sulfide) groups is 1. The highest BCUT2D eigenvalue weighted by Gasteiger charge is 2.29. The summed E-state index contributed by atoms with van der Waals surface area (Å²) in [7, 11) is 3.18. The van der Waals surface area contributed by atoms with Crippen LogP contribution >= 0.6 is 11.8 Å². The quantitative estimate of drug-likeness (QED) is 0.749. The van der Waals surface area contributed by atoms with Crippen LogP contribution in [0.25, 0.3) is 0 Å². The van der Waals surface area contributed by atoms with Crippen LogP contribution in [0.15, 0.2) is 29.3 Å². The van der Waals surface area contributed by atoms with E-state index in [1.807, 2.05) is 38.1 Å². The number of anilines is 1. The van der Waals surface area contributed by atoms with Crippen LogP contribution in [-0.4, -0.2) is 49.9 Å². The third kappa shape index (κ3) is 4.82. The number of nitrogens with one attached hydrogen (secondary N) is 1. The first-order valence-corrected chi connectivity index (χ1v) is 10.3. The lowest BCUT2D eigenvalue weighted by Gasteiger charge is -2.29. The smallest absolute Gasteiger partial charge is 0.240 e. The van der Waals surface area contributed by atoms with Crippen molar-refractivity contribution in [3.8, 4) is 11.5 Å². The molecule has 0 radical (unpaired) electrons. The summed E-state index contributed by atoms with van der Waals surface area (Å²) >= 11 is 1.42. The van der Waals surface area contributed by atoms with Crippen molar-refractivity contribution in [2.75, 3.05) is 38.0 Å². The first-order valence-electron chi connectivity index (χ1n) is 9.32. The van der Waals surface area contributed by atoms with Crippen molar-refractivity contribution in [1.29, 1.82) is 0 Å². The Morgan fingerprint density at radius 3 is 2.69 bits per heavy atom. The monoisotopic (exact) mass is 415 g/mol.